The average Bonchev–Trinajstić information content (AvgIpc) is 2.61. The van der Waals surface area contributed by atoms with Crippen molar-refractivity contribution in [2.75, 3.05) is 0 Å². The summed E-state index contributed by atoms with van der Waals surface area (Å²) in [5, 5.41) is 2.75. The molecule has 3 nitrogen and oxygen atoms in total. The Morgan fingerprint density at radius 3 is 2.65 bits per heavy atom. The van der Waals surface area contributed by atoms with E-state index in [-0.39, 0.29) is 5.43 Å². The predicted molar refractivity (Wildman–Crippen MR) is 92.6 cm³/mol. The van der Waals surface area contributed by atoms with Crippen LogP contribution in [0.2, 0.25) is 0 Å². The third-order valence-electron chi connectivity index (χ3n) is 4.08. The number of benzene rings is 2. The maximum Gasteiger partial charge on any atom is 0.193 e. The van der Waals surface area contributed by atoms with Crippen molar-refractivity contribution in [1.29, 1.82) is 0 Å². The van der Waals surface area contributed by atoms with Crippen molar-refractivity contribution >= 4 is 21.7 Å². The van der Waals surface area contributed by atoms with E-state index >= 15 is 0 Å². The molecule has 2 aromatic carbocycles. The fraction of sp³-hybridized carbons (Fsp3) is 0.100. The van der Waals surface area contributed by atoms with Crippen molar-refractivity contribution in [3.05, 3.63) is 76.6 Å². The SMILES string of the molecule is CCc1ccc2oc(-c3cc4ccccc4cn3)cc(=O)c2c1. The first-order valence-corrected chi connectivity index (χ1v) is 7.66. The van der Waals surface area contributed by atoms with Gasteiger partial charge in [-0.15, -0.1) is 0 Å². The maximum absolute atomic E-state index is 12.4. The van der Waals surface area contributed by atoms with Crippen LogP contribution >= 0.6 is 0 Å². The van der Waals surface area contributed by atoms with Gasteiger partial charge in [-0.1, -0.05) is 37.3 Å². The lowest BCUT2D eigenvalue weighted by atomic mass is 10.1. The van der Waals surface area contributed by atoms with Gasteiger partial charge in [-0.2, -0.15) is 0 Å². The van der Waals surface area contributed by atoms with Gasteiger partial charge in [0.05, 0.1) is 5.39 Å². The molecule has 0 amide bonds. The van der Waals surface area contributed by atoms with Gasteiger partial charge in [0.15, 0.2) is 11.2 Å². The Kier molecular flexibility index (Phi) is 3.19. The minimum Gasteiger partial charge on any atom is -0.454 e. The standard InChI is InChI=1S/C20H15NO2/c1-2-13-7-8-19-16(9-13)18(22)11-20(23-19)17-10-14-5-3-4-6-15(14)12-21-17/h3-12H,2H2,1H3. The summed E-state index contributed by atoms with van der Waals surface area (Å²) in [7, 11) is 0. The second-order valence-corrected chi connectivity index (χ2v) is 5.58. The number of aromatic nitrogens is 1. The molecule has 23 heavy (non-hydrogen) atoms. The van der Waals surface area contributed by atoms with Crippen LogP contribution < -0.4 is 5.43 Å². The van der Waals surface area contributed by atoms with E-state index in [2.05, 4.69) is 11.9 Å². The van der Waals surface area contributed by atoms with Crippen LogP contribution in [0.5, 0.6) is 0 Å². The Morgan fingerprint density at radius 1 is 1.00 bits per heavy atom. The molecule has 0 aliphatic carbocycles. The first-order chi connectivity index (χ1) is 11.2. The van der Waals surface area contributed by atoms with Gasteiger partial charge >= 0.3 is 0 Å². The number of fused-ring (bicyclic) bond motifs is 2. The van der Waals surface area contributed by atoms with Gasteiger partial charge in [-0.05, 0) is 35.6 Å². The number of hydrogen-bond acceptors (Lipinski definition) is 3. The first-order valence-electron chi connectivity index (χ1n) is 7.66. The Bertz CT molecular complexity index is 1080. The zero-order valence-electron chi connectivity index (χ0n) is 12.7. The topological polar surface area (TPSA) is 43.1 Å². The Hall–Kier alpha value is -2.94. The molecule has 0 aliphatic rings. The molecular formula is C20H15NO2. The Morgan fingerprint density at radius 2 is 1.83 bits per heavy atom. The monoisotopic (exact) mass is 301 g/mol. The molecular weight excluding hydrogens is 286 g/mol. The molecule has 4 rings (SSSR count). The fourth-order valence-corrected chi connectivity index (χ4v) is 2.77. The van der Waals surface area contributed by atoms with E-state index in [1.54, 1.807) is 6.20 Å². The molecule has 112 valence electrons. The summed E-state index contributed by atoms with van der Waals surface area (Å²) in [4.78, 5) is 16.8. The largest absolute Gasteiger partial charge is 0.454 e. The highest BCUT2D eigenvalue weighted by Gasteiger charge is 2.09. The molecule has 0 saturated heterocycles. The lowest BCUT2D eigenvalue weighted by Gasteiger charge is -2.05. The van der Waals surface area contributed by atoms with Crippen LogP contribution in [-0.2, 0) is 6.42 Å². The zero-order valence-corrected chi connectivity index (χ0v) is 12.7. The van der Waals surface area contributed by atoms with Crippen LogP contribution in [0.1, 0.15) is 12.5 Å². The van der Waals surface area contributed by atoms with Crippen molar-refractivity contribution in [1.82, 2.24) is 4.98 Å². The molecule has 0 spiro atoms. The van der Waals surface area contributed by atoms with E-state index < -0.39 is 0 Å². The van der Waals surface area contributed by atoms with Gasteiger partial charge < -0.3 is 4.42 Å². The van der Waals surface area contributed by atoms with Crippen LogP contribution in [0.15, 0.2) is 70.0 Å². The average molecular weight is 301 g/mol. The highest BCUT2D eigenvalue weighted by molar-refractivity contribution is 5.85. The molecule has 3 heteroatoms. The second-order valence-electron chi connectivity index (χ2n) is 5.58. The van der Waals surface area contributed by atoms with Crippen LogP contribution in [-0.4, -0.2) is 4.98 Å². The lowest BCUT2D eigenvalue weighted by molar-refractivity contribution is 0.616. The molecule has 0 aliphatic heterocycles. The van der Waals surface area contributed by atoms with E-state index in [0.29, 0.717) is 22.4 Å². The molecule has 0 unspecified atom stereocenters. The van der Waals surface area contributed by atoms with E-state index in [1.807, 2.05) is 48.5 Å². The van der Waals surface area contributed by atoms with E-state index in [0.717, 1.165) is 22.8 Å². The van der Waals surface area contributed by atoms with Crippen LogP contribution in [0.4, 0.5) is 0 Å². The minimum atomic E-state index is -0.0356. The second kappa shape index (κ2) is 5.36. The Labute approximate surface area is 133 Å². The molecule has 0 bridgehead atoms. The molecule has 2 heterocycles. The highest BCUT2D eigenvalue weighted by atomic mass is 16.3. The number of aryl methyl sites for hydroxylation is 1. The highest BCUT2D eigenvalue weighted by Crippen LogP contribution is 2.24. The predicted octanol–water partition coefficient (Wildman–Crippen LogP) is 4.57. The first kappa shape index (κ1) is 13.7. The Balaban J connectivity index is 1.92. The zero-order chi connectivity index (χ0) is 15.8. The van der Waals surface area contributed by atoms with E-state index in [1.165, 1.54) is 6.07 Å². The van der Waals surface area contributed by atoms with E-state index in [9.17, 15) is 4.79 Å². The summed E-state index contributed by atoms with van der Waals surface area (Å²) < 4.78 is 5.91. The maximum atomic E-state index is 12.4. The van der Waals surface area contributed by atoms with Crippen LogP contribution in [0, 0.1) is 0 Å². The molecule has 0 N–H and O–H groups in total. The molecule has 0 radical (unpaired) electrons. The van der Waals surface area contributed by atoms with Crippen LogP contribution in [0.3, 0.4) is 0 Å². The fourth-order valence-electron chi connectivity index (χ4n) is 2.77. The van der Waals surface area contributed by atoms with Crippen molar-refractivity contribution in [3.8, 4) is 11.5 Å². The van der Waals surface area contributed by atoms with Crippen molar-refractivity contribution < 1.29 is 4.42 Å². The molecule has 0 saturated carbocycles. The van der Waals surface area contributed by atoms with Crippen molar-refractivity contribution in [2.24, 2.45) is 0 Å². The van der Waals surface area contributed by atoms with Gasteiger partial charge in [0.1, 0.15) is 11.3 Å². The van der Waals surface area contributed by atoms with Gasteiger partial charge in [0, 0.05) is 17.6 Å². The molecule has 0 fully saturated rings. The van der Waals surface area contributed by atoms with Crippen LogP contribution in [0.25, 0.3) is 33.2 Å². The quantitative estimate of drug-likeness (QED) is 0.544. The number of nitrogens with zero attached hydrogens (tertiary/aromatic N) is 1. The van der Waals surface area contributed by atoms with Crippen molar-refractivity contribution in [2.45, 2.75) is 13.3 Å². The molecule has 0 atom stereocenters. The van der Waals surface area contributed by atoms with Gasteiger partial charge in [0.25, 0.3) is 0 Å². The summed E-state index contributed by atoms with van der Waals surface area (Å²) in [6, 6.07) is 17.2. The lowest BCUT2D eigenvalue weighted by Crippen LogP contribution is -2.01. The van der Waals surface area contributed by atoms with Gasteiger partial charge in [0.2, 0.25) is 0 Å². The number of rotatable bonds is 2. The van der Waals surface area contributed by atoms with Crippen molar-refractivity contribution in [3.63, 3.8) is 0 Å². The summed E-state index contributed by atoms with van der Waals surface area (Å²) >= 11 is 0. The van der Waals surface area contributed by atoms with E-state index in [4.69, 9.17) is 4.42 Å². The summed E-state index contributed by atoms with van der Waals surface area (Å²) in [6.45, 7) is 2.07. The number of pyridine rings is 1. The summed E-state index contributed by atoms with van der Waals surface area (Å²) in [5.74, 6) is 0.498. The third-order valence-corrected chi connectivity index (χ3v) is 4.08. The van der Waals surface area contributed by atoms with Gasteiger partial charge in [-0.25, -0.2) is 0 Å². The minimum absolute atomic E-state index is 0.0356. The summed E-state index contributed by atoms with van der Waals surface area (Å²) in [5.41, 5.74) is 2.36. The third kappa shape index (κ3) is 2.40. The molecule has 4 aromatic rings. The summed E-state index contributed by atoms with van der Waals surface area (Å²) in [6.07, 6.45) is 2.69. The number of hydrogen-bond donors (Lipinski definition) is 0. The van der Waals surface area contributed by atoms with Gasteiger partial charge in [-0.3, -0.25) is 9.78 Å². The smallest absolute Gasteiger partial charge is 0.193 e. The normalized spacial score (nSPS) is 11.2. The molecule has 2 aromatic heterocycles.